The summed E-state index contributed by atoms with van der Waals surface area (Å²) in [7, 11) is 0.448. The zero-order valence-electron chi connectivity index (χ0n) is 21.4. The molecule has 0 N–H and O–H groups in total. The average molecular weight is 514 g/mol. The van der Waals surface area contributed by atoms with Crippen LogP contribution in [0.2, 0.25) is 0 Å². The van der Waals surface area contributed by atoms with Crippen LogP contribution in [-0.2, 0) is 33.4 Å². The lowest BCUT2D eigenvalue weighted by Crippen LogP contribution is -2.11. The van der Waals surface area contributed by atoms with Gasteiger partial charge >= 0.3 is 0 Å². The van der Waals surface area contributed by atoms with Crippen molar-refractivity contribution in [2.75, 3.05) is 14.1 Å². The van der Waals surface area contributed by atoms with Gasteiger partial charge in [0.05, 0.1) is 16.3 Å². The standard InChI is InChI=1S/C30H31N3O3S/c1-20-15-31-17-24-6-4-21(12-27(20)24)13-30(34)29-14-28(29)23-7-10-26(11-8-23)37(35,36)19-25-9-5-22(16-32-25)18-33(2)3/h4-12,15-17,28-29H,13-14,18-19H2,1-3H3/t28?,29-/m1/s1. The van der Waals surface area contributed by atoms with Crippen LogP contribution in [0.25, 0.3) is 10.8 Å². The first-order chi connectivity index (χ1) is 17.7. The second kappa shape index (κ2) is 10.1. The number of aromatic nitrogens is 2. The van der Waals surface area contributed by atoms with Crippen molar-refractivity contribution in [2.45, 2.75) is 42.9 Å². The zero-order valence-corrected chi connectivity index (χ0v) is 22.2. The molecule has 2 heterocycles. The van der Waals surface area contributed by atoms with E-state index < -0.39 is 9.84 Å². The Bertz CT molecular complexity index is 1550. The molecule has 4 aromatic rings. The van der Waals surface area contributed by atoms with Crippen LogP contribution in [0.3, 0.4) is 0 Å². The van der Waals surface area contributed by atoms with E-state index in [0.717, 1.165) is 46.0 Å². The number of fused-ring (bicyclic) bond motifs is 1. The molecule has 5 rings (SSSR count). The summed E-state index contributed by atoms with van der Waals surface area (Å²) in [5.74, 6) is 0.236. The molecule has 2 aromatic carbocycles. The number of rotatable bonds is 9. The summed E-state index contributed by atoms with van der Waals surface area (Å²) < 4.78 is 25.9. The maximum atomic E-state index is 13.0. The van der Waals surface area contributed by atoms with E-state index in [1.165, 1.54) is 0 Å². The number of sulfone groups is 1. The molecule has 0 amide bonds. The Labute approximate surface area is 218 Å². The molecule has 1 saturated carbocycles. The van der Waals surface area contributed by atoms with Crippen molar-refractivity contribution >= 4 is 26.4 Å². The number of hydrogen-bond donors (Lipinski definition) is 0. The minimum Gasteiger partial charge on any atom is -0.305 e. The van der Waals surface area contributed by atoms with Gasteiger partial charge in [0.25, 0.3) is 0 Å². The van der Waals surface area contributed by atoms with Crippen LogP contribution in [0.1, 0.15) is 40.3 Å². The summed E-state index contributed by atoms with van der Waals surface area (Å²) in [6, 6.07) is 16.8. The van der Waals surface area contributed by atoms with Gasteiger partial charge in [0.15, 0.2) is 9.84 Å². The summed E-state index contributed by atoms with van der Waals surface area (Å²) in [4.78, 5) is 23.9. The van der Waals surface area contributed by atoms with Crippen LogP contribution in [-0.4, -0.2) is 43.2 Å². The number of benzene rings is 2. The predicted molar refractivity (Wildman–Crippen MR) is 145 cm³/mol. The van der Waals surface area contributed by atoms with E-state index in [2.05, 4.69) is 16.0 Å². The van der Waals surface area contributed by atoms with Crippen LogP contribution in [0.5, 0.6) is 0 Å². The molecule has 2 atom stereocenters. The van der Waals surface area contributed by atoms with Gasteiger partial charge in [-0.2, -0.15) is 0 Å². The molecule has 0 radical (unpaired) electrons. The van der Waals surface area contributed by atoms with Crippen molar-refractivity contribution in [3.63, 3.8) is 0 Å². The fraction of sp³-hybridized carbons (Fsp3) is 0.300. The third-order valence-electron chi connectivity index (χ3n) is 7.00. The monoisotopic (exact) mass is 513 g/mol. The molecular weight excluding hydrogens is 482 g/mol. The molecule has 1 unspecified atom stereocenters. The predicted octanol–water partition coefficient (Wildman–Crippen LogP) is 4.89. The van der Waals surface area contributed by atoms with Crippen molar-refractivity contribution in [1.82, 2.24) is 14.9 Å². The van der Waals surface area contributed by atoms with E-state index in [1.54, 1.807) is 24.4 Å². The fourth-order valence-corrected chi connectivity index (χ4v) is 6.20. The number of pyridine rings is 2. The first kappa shape index (κ1) is 25.2. The highest BCUT2D eigenvalue weighted by Crippen LogP contribution is 2.48. The van der Waals surface area contributed by atoms with Crippen LogP contribution < -0.4 is 0 Å². The fourth-order valence-electron chi connectivity index (χ4n) is 4.92. The Morgan fingerprint density at radius 1 is 0.973 bits per heavy atom. The van der Waals surface area contributed by atoms with Crippen LogP contribution >= 0.6 is 0 Å². The Balaban J connectivity index is 1.21. The Morgan fingerprint density at radius 3 is 2.43 bits per heavy atom. The van der Waals surface area contributed by atoms with Gasteiger partial charge < -0.3 is 4.90 Å². The van der Waals surface area contributed by atoms with Crippen LogP contribution in [0.4, 0.5) is 0 Å². The molecule has 7 heteroatoms. The molecule has 37 heavy (non-hydrogen) atoms. The lowest BCUT2D eigenvalue weighted by atomic mass is 9.99. The van der Waals surface area contributed by atoms with Crippen molar-refractivity contribution in [3.8, 4) is 0 Å². The van der Waals surface area contributed by atoms with Gasteiger partial charge in [0, 0.05) is 42.9 Å². The quantitative estimate of drug-likeness (QED) is 0.317. The average Bonchev–Trinajstić information content (AvgIpc) is 3.67. The summed E-state index contributed by atoms with van der Waals surface area (Å²) in [5, 5.41) is 2.21. The smallest absolute Gasteiger partial charge is 0.184 e. The number of Topliss-reactive ketones (excluding diaryl/α,β-unsaturated/α-hetero) is 1. The van der Waals surface area contributed by atoms with Crippen molar-refractivity contribution < 1.29 is 13.2 Å². The number of carbonyl (C=O) groups is 1. The highest BCUT2D eigenvalue weighted by molar-refractivity contribution is 7.90. The first-order valence-corrected chi connectivity index (χ1v) is 14.1. The van der Waals surface area contributed by atoms with Crippen molar-refractivity contribution in [2.24, 2.45) is 5.92 Å². The lowest BCUT2D eigenvalue weighted by Gasteiger charge is -2.10. The highest BCUT2D eigenvalue weighted by Gasteiger charge is 2.43. The van der Waals surface area contributed by atoms with E-state index in [4.69, 9.17) is 0 Å². The summed E-state index contributed by atoms with van der Waals surface area (Å²) in [5.41, 5.74) is 4.70. The van der Waals surface area contributed by atoms with E-state index in [1.807, 2.05) is 68.6 Å². The second-order valence-corrected chi connectivity index (χ2v) is 12.3. The number of ketones is 1. The summed E-state index contributed by atoms with van der Waals surface area (Å²) >= 11 is 0. The van der Waals surface area contributed by atoms with Crippen LogP contribution in [0, 0.1) is 12.8 Å². The van der Waals surface area contributed by atoms with Gasteiger partial charge in [-0.1, -0.05) is 36.4 Å². The molecule has 2 aromatic heterocycles. The molecule has 0 aliphatic heterocycles. The van der Waals surface area contributed by atoms with Gasteiger partial charge in [-0.25, -0.2) is 8.42 Å². The Kier molecular flexibility index (Phi) is 6.92. The third kappa shape index (κ3) is 5.78. The van der Waals surface area contributed by atoms with Gasteiger partial charge in [0.1, 0.15) is 5.78 Å². The largest absolute Gasteiger partial charge is 0.305 e. The molecule has 0 spiro atoms. The third-order valence-corrected chi connectivity index (χ3v) is 8.66. The van der Waals surface area contributed by atoms with Crippen molar-refractivity contribution in [3.05, 3.63) is 101 Å². The molecule has 1 aliphatic rings. The highest BCUT2D eigenvalue weighted by atomic mass is 32.2. The number of aryl methyl sites for hydroxylation is 1. The number of hydrogen-bond acceptors (Lipinski definition) is 6. The number of carbonyl (C=O) groups excluding carboxylic acids is 1. The summed E-state index contributed by atoms with van der Waals surface area (Å²) in [6.07, 6.45) is 6.63. The Hall–Kier alpha value is -3.42. The second-order valence-electron chi connectivity index (χ2n) is 10.3. The first-order valence-electron chi connectivity index (χ1n) is 12.5. The van der Waals surface area contributed by atoms with Gasteiger partial charge in [-0.3, -0.25) is 14.8 Å². The zero-order chi connectivity index (χ0) is 26.2. The molecule has 0 bridgehead atoms. The molecular formula is C30H31N3O3S. The molecule has 1 aliphatic carbocycles. The molecule has 1 fully saturated rings. The minimum atomic E-state index is -3.51. The van der Waals surface area contributed by atoms with Gasteiger partial charge in [0.2, 0.25) is 0 Å². The number of nitrogens with zero attached hydrogens (tertiary/aromatic N) is 3. The molecule has 0 saturated heterocycles. The maximum absolute atomic E-state index is 13.0. The molecule has 190 valence electrons. The van der Waals surface area contributed by atoms with E-state index in [9.17, 15) is 13.2 Å². The molecule has 6 nitrogen and oxygen atoms in total. The van der Waals surface area contributed by atoms with E-state index in [0.29, 0.717) is 12.1 Å². The van der Waals surface area contributed by atoms with Gasteiger partial charge in [-0.05, 0) is 79.2 Å². The summed E-state index contributed by atoms with van der Waals surface area (Å²) in [6.45, 7) is 2.78. The Morgan fingerprint density at radius 2 is 1.73 bits per heavy atom. The normalized spacial score (nSPS) is 17.3. The SMILES string of the molecule is Cc1cncc2ccc(CC(=O)[C@@H]3CC3c3ccc(S(=O)(=O)Cc4ccc(CN(C)C)cn4)cc3)cc12. The van der Waals surface area contributed by atoms with E-state index >= 15 is 0 Å². The van der Waals surface area contributed by atoms with E-state index in [-0.39, 0.29) is 28.3 Å². The van der Waals surface area contributed by atoms with Crippen LogP contribution in [0.15, 0.2) is 78.1 Å². The topological polar surface area (TPSA) is 80.2 Å². The van der Waals surface area contributed by atoms with Gasteiger partial charge in [-0.15, -0.1) is 0 Å². The lowest BCUT2D eigenvalue weighted by molar-refractivity contribution is -0.119. The maximum Gasteiger partial charge on any atom is 0.184 e. The minimum absolute atomic E-state index is 0.0124. The van der Waals surface area contributed by atoms with Crippen molar-refractivity contribution in [1.29, 1.82) is 0 Å².